The Kier molecular flexibility index (Phi) is 4.12. The third kappa shape index (κ3) is 3.20. The van der Waals surface area contributed by atoms with Crippen LogP contribution in [0, 0.1) is 5.92 Å². The molecule has 0 saturated carbocycles. The number of benzene rings is 1. The summed E-state index contributed by atoms with van der Waals surface area (Å²) in [7, 11) is 0. The Bertz CT molecular complexity index is 518. The summed E-state index contributed by atoms with van der Waals surface area (Å²) in [5.74, 6) is -0.614. The normalized spacial score (nSPS) is 22.4. The average Bonchev–Trinajstić information content (AvgIpc) is 2.38. The van der Waals surface area contributed by atoms with E-state index in [1.165, 1.54) is 0 Å². The van der Waals surface area contributed by atoms with Gasteiger partial charge in [-0.15, -0.1) is 0 Å². The number of piperidine rings is 1. The summed E-state index contributed by atoms with van der Waals surface area (Å²) in [5, 5.41) is 2.80. The summed E-state index contributed by atoms with van der Waals surface area (Å²) in [4.78, 5) is 25.2. The van der Waals surface area contributed by atoms with E-state index in [4.69, 9.17) is 11.5 Å². The predicted octanol–water partition coefficient (Wildman–Crippen LogP) is 1.39. The Morgan fingerprint density at radius 3 is 2.75 bits per heavy atom. The lowest BCUT2D eigenvalue weighted by atomic mass is 9.93. The van der Waals surface area contributed by atoms with Gasteiger partial charge in [0.25, 0.3) is 0 Å². The van der Waals surface area contributed by atoms with Crippen LogP contribution in [0.5, 0.6) is 0 Å². The molecule has 2 rings (SSSR count). The summed E-state index contributed by atoms with van der Waals surface area (Å²) in [5.41, 5.74) is 12.2. The van der Waals surface area contributed by atoms with Gasteiger partial charge in [-0.25, -0.2) is 4.79 Å². The molecule has 0 aromatic heterocycles. The lowest BCUT2D eigenvalue weighted by molar-refractivity contribution is -0.123. The standard InChI is InChI=1S/C14H20N4O2/c1-9-5-6-10(13(16)19)8-18(9)14(20)17-12-4-2-3-11(15)7-12/h2-4,7,9-10H,5-6,8,15H2,1H3,(H2,16,19)(H,17,20). The molecule has 108 valence electrons. The maximum atomic E-state index is 12.3. The van der Waals surface area contributed by atoms with Crippen molar-refractivity contribution in [2.24, 2.45) is 11.7 Å². The zero-order valence-electron chi connectivity index (χ0n) is 11.5. The fraction of sp³-hybridized carbons (Fsp3) is 0.429. The van der Waals surface area contributed by atoms with Crippen molar-refractivity contribution in [3.8, 4) is 0 Å². The number of hydrogen-bond donors (Lipinski definition) is 3. The molecular formula is C14H20N4O2. The first-order valence-electron chi connectivity index (χ1n) is 6.70. The van der Waals surface area contributed by atoms with E-state index in [2.05, 4.69) is 5.32 Å². The molecule has 0 bridgehead atoms. The number of anilines is 2. The second-order valence-electron chi connectivity index (χ2n) is 5.23. The van der Waals surface area contributed by atoms with Crippen molar-refractivity contribution in [2.75, 3.05) is 17.6 Å². The SMILES string of the molecule is CC1CCC(C(N)=O)CN1C(=O)Nc1cccc(N)c1. The smallest absolute Gasteiger partial charge is 0.322 e. The van der Waals surface area contributed by atoms with Crippen LogP contribution in [0.4, 0.5) is 16.2 Å². The number of rotatable bonds is 2. The van der Waals surface area contributed by atoms with Gasteiger partial charge in [0.1, 0.15) is 0 Å². The Morgan fingerprint density at radius 2 is 2.10 bits per heavy atom. The van der Waals surface area contributed by atoms with Gasteiger partial charge in [-0.05, 0) is 38.0 Å². The Labute approximate surface area is 118 Å². The van der Waals surface area contributed by atoms with Crippen LogP contribution in [0.2, 0.25) is 0 Å². The van der Waals surface area contributed by atoms with Gasteiger partial charge in [-0.1, -0.05) is 6.07 Å². The minimum Gasteiger partial charge on any atom is -0.399 e. The number of nitrogens with one attached hydrogen (secondary N) is 1. The molecule has 1 fully saturated rings. The third-order valence-corrected chi connectivity index (χ3v) is 3.68. The highest BCUT2D eigenvalue weighted by Crippen LogP contribution is 2.23. The van der Waals surface area contributed by atoms with E-state index in [1.807, 2.05) is 6.92 Å². The van der Waals surface area contributed by atoms with E-state index >= 15 is 0 Å². The highest BCUT2D eigenvalue weighted by molar-refractivity contribution is 5.90. The highest BCUT2D eigenvalue weighted by Gasteiger charge is 2.31. The summed E-state index contributed by atoms with van der Waals surface area (Å²) < 4.78 is 0. The molecule has 6 heteroatoms. The van der Waals surface area contributed by atoms with Crippen molar-refractivity contribution in [1.82, 2.24) is 4.90 Å². The third-order valence-electron chi connectivity index (χ3n) is 3.68. The van der Waals surface area contributed by atoms with Crippen LogP contribution >= 0.6 is 0 Å². The van der Waals surface area contributed by atoms with Gasteiger partial charge in [0.2, 0.25) is 5.91 Å². The number of carbonyl (C=O) groups excluding carboxylic acids is 2. The van der Waals surface area contributed by atoms with Gasteiger partial charge in [0.15, 0.2) is 0 Å². The largest absolute Gasteiger partial charge is 0.399 e. The van der Waals surface area contributed by atoms with E-state index < -0.39 is 0 Å². The summed E-state index contributed by atoms with van der Waals surface area (Å²) in [6, 6.07) is 6.85. The summed E-state index contributed by atoms with van der Waals surface area (Å²) in [6.07, 6.45) is 1.51. The molecule has 1 heterocycles. The van der Waals surface area contributed by atoms with E-state index in [1.54, 1.807) is 29.2 Å². The lowest BCUT2D eigenvalue weighted by Gasteiger charge is -2.36. The maximum absolute atomic E-state index is 12.3. The van der Waals surface area contributed by atoms with E-state index in [-0.39, 0.29) is 23.9 Å². The zero-order valence-corrected chi connectivity index (χ0v) is 11.5. The van der Waals surface area contributed by atoms with Crippen LogP contribution < -0.4 is 16.8 Å². The molecule has 20 heavy (non-hydrogen) atoms. The molecule has 3 amide bonds. The molecule has 0 spiro atoms. The topological polar surface area (TPSA) is 101 Å². The number of hydrogen-bond acceptors (Lipinski definition) is 3. The van der Waals surface area contributed by atoms with E-state index in [9.17, 15) is 9.59 Å². The fourth-order valence-electron chi connectivity index (χ4n) is 2.43. The quantitative estimate of drug-likeness (QED) is 0.711. The van der Waals surface area contributed by atoms with Crippen molar-refractivity contribution < 1.29 is 9.59 Å². The van der Waals surface area contributed by atoms with E-state index in [0.717, 1.165) is 12.8 Å². The van der Waals surface area contributed by atoms with Crippen LogP contribution in [-0.2, 0) is 4.79 Å². The number of likely N-dealkylation sites (tertiary alicyclic amines) is 1. The molecule has 6 nitrogen and oxygen atoms in total. The van der Waals surface area contributed by atoms with Gasteiger partial charge >= 0.3 is 6.03 Å². The molecule has 1 aromatic rings. The van der Waals surface area contributed by atoms with E-state index in [0.29, 0.717) is 17.9 Å². The lowest BCUT2D eigenvalue weighted by Crippen LogP contribution is -2.50. The van der Waals surface area contributed by atoms with Crippen molar-refractivity contribution in [1.29, 1.82) is 0 Å². The number of nitrogens with two attached hydrogens (primary N) is 2. The van der Waals surface area contributed by atoms with Gasteiger partial charge in [0, 0.05) is 24.0 Å². The molecule has 1 aliphatic heterocycles. The Balaban J connectivity index is 2.05. The number of nitrogen functional groups attached to an aromatic ring is 1. The van der Waals surface area contributed by atoms with Gasteiger partial charge < -0.3 is 21.7 Å². The number of carbonyl (C=O) groups is 2. The Morgan fingerprint density at radius 1 is 1.35 bits per heavy atom. The minimum absolute atomic E-state index is 0.0895. The van der Waals surface area contributed by atoms with Crippen molar-refractivity contribution in [2.45, 2.75) is 25.8 Å². The van der Waals surface area contributed by atoms with Crippen molar-refractivity contribution in [3.05, 3.63) is 24.3 Å². The van der Waals surface area contributed by atoms with Crippen LogP contribution in [0.25, 0.3) is 0 Å². The van der Waals surface area contributed by atoms with Gasteiger partial charge in [-0.2, -0.15) is 0 Å². The van der Waals surface area contributed by atoms with Crippen molar-refractivity contribution >= 4 is 23.3 Å². The maximum Gasteiger partial charge on any atom is 0.322 e. The zero-order chi connectivity index (χ0) is 14.7. The molecule has 2 unspecified atom stereocenters. The molecule has 2 atom stereocenters. The first-order valence-corrected chi connectivity index (χ1v) is 6.70. The van der Waals surface area contributed by atoms with Crippen molar-refractivity contribution in [3.63, 3.8) is 0 Å². The molecule has 0 radical (unpaired) electrons. The molecule has 5 N–H and O–H groups in total. The molecule has 1 aromatic carbocycles. The number of urea groups is 1. The number of primary amides is 1. The highest BCUT2D eigenvalue weighted by atomic mass is 16.2. The Hall–Kier alpha value is -2.24. The number of amides is 3. The van der Waals surface area contributed by atoms with Crippen LogP contribution in [0.1, 0.15) is 19.8 Å². The molecule has 1 saturated heterocycles. The monoisotopic (exact) mass is 276 g/mol. The summed E-state index contributed by atoms with van der Waals surface area (Å²) >= 11 is 0. The second-order valence-corrected chi connectivity index (χ2v) is 5.23. The molecule has 1 aliphatic rings. The number of nitrogens with zero attached hydrogens (tertiary/aromatic N) is 1. The van der Waals surface area contributed by atoms with Crippen LogP contribution in [-0.4, -0.2) is 29.4 Å². The predicted molar refractivity (Wildman–Crippen MR) is 78.0 cm³/mol. The first-order chi connectivity index (χ1) is 9.47. The molecular weight excluding hydrogens is 256 g/mol. The first kappa shape index (κ1) is 14.2. The van der Waals surface area contributed by atoms with Gasteiger partial charge in [0.05, 0.1) is 5.92 Å². The van der Waals surface area contributed by atoms with Gasteiger partial charge in [-0.3, -0.25) is 4.79 Å². The average molecular weight is 276 g/mol. The minimum atomic E-state index is -0.348. The second kappa shape index (κ2) is 5.81. The summed E-state index contributed by atoms with van der Waals surface area (Å²) in [6.45, 7) is 2.33. The fourth-order valence-corrected chi connectivity index (χ4v) is 2.43. The molecule has 0 aliphatic carbocycles. The van der Waals surface area contributed by atoms with Crippen LogP contribution in [0.15, 0.2) is 24.3 Å². The van der Waals surface area contributed by atoms with Crippen LogP contribution in [0.3, 0.4) is 0 Å².